The number of allylic oxidation sites excluding steroid dienone is 8. The minimum atomic E-state index is -0.798. The molecule has 0 aliphatic carbocycles. The molecule has 0 fully saturated rings. The molecule has 0 unspecified atom stereocenters. The van der Waals surface area contributed by atoms with Gasteiger partial charge in [0.2, 0.25) is 5.69 Å². The zero-order valence-corrected chi connectivity index (χ0v) is 29.9. The Bertz CT molecular complexity index is 2320. The monoisotopic (exact) mass is 673 g/mol. The second kappa shape index (κ2) is 13.5. The van der Waals surface area contributed by atoms with Crippen LogP contribution in [0.3, 0.4) is 0 Å². The van der Waals surface area contributed by atoms with Crippen molar-refractivity contribution in [3.05, 3.63) is 157 Å². The van der Waals surface area contributed by atoms with E-state index in [1.165, 1.54) is 44.1 Å². The Morgan fingerprint density at radius 3 is 2.20 bits per heavy atom. The van der Waals surface area contributed by atoms with Gasteiger partial charge in [0, 0.05) is 65.6 Å². The summed E-state index contributed by atoms with van der Waals surface area (Å²) in [6.07, 6.45) is 21.1. The molecule has 0 saturated carbocycles. The molecule has 4 aromatic carbocycles. The van der Waals surface area contributed by atoms with E-state index in [9.17, 15) is 9.90 Å². The van der Waals surface area contributed by atoms with Gasteiger partial charge in [0.1, 0.15) is 6.42 Å². The summed E-state index contributed by atoms with van der Waals surface area (Å²) >= 11 is 0. The number of anilines is 1. The Balaban J connectivity index is 1.16. The highest BCUT2D eigenvalue weighted by atomic mass is 16.4. The molecule has 2 aliphatic rings. The SMILES string of the molecule is C=C(CCN1/C(=C/C=C/C=C/C=C/C2=[N+](CCC(=O)O)c3ccc4ccccc4c3C2(C)C)C(C)(C)c2c1ccc1ccccc21)n1ccnc1. The quantitative estimate of drug-likeness (QED) is 0.112. The molecule has 0 amide bonds. The molecule has 1 aromatic heterocycles. The van der Waals surface area contributed by atoms with Crippen LogP contribution in [0.4, 0.5) is 11.4 Å². The molecule has 0 bridgehead atoms. The highest BCUT2D eigenvalue weighted by molar-refractivity contribution is 6.07. The van der Waals surface area contributed by atoms with Gasteiger partial charge >= 0.3 is 5.97 Å². The molecule has 0 spiro atoms. The van der Waals surface area contributed by atoms with Crippen LogP contribution in [-0.2, 0) is 15.6 Å². The normalized spacial score (nSPS) is 17.2. The number of aliphatic carboxylic acids is 1. The van der Waals surface area contributed by atoms with Crippen molar-refractivity contribution in [2.75, 3.05) is 18.0 Å². The van der Waals surface area contributed by atoms with Crippen LogP contribution in [0.1, 0.15) is 51.7 Å². The molecule has 6 heteroatoms. The second-order valence-corrected chi connectivity index (χ2v) is 14.4. The van der Waals surface area contributed by atoms with Crippen molar-refractivity contribution < 1.29 is 14.5 Å². The van der Waals surface area contributed by atoms with Crippen LogP contribution >= 0.6 is 0 Å². The summed E-state index contributed by atoms with van der Waals surface area (Å²) in [5, 5.41) is 14.5. The number of imidazole rings is 1. The molecule has 51 heavy (non-hydrogen) atoms. The van der Waals surface area contributed by atoms with Gasteiger partial charge in [-0.1, -0.05) is 105 Å². The van der Waals surface area contributed by atoms with Gasteiger partial charge in [0.15, 0.2) is 12.3 Å². The summed E-state index contributed by atoms with van der Waals surface area (Å²) in [4.78, 5) is 18.3. The topological polar surface area (TPSA) is 61.4 Å². The minimum absolute atomic E-state index is 0.0671. The van der Waals surface area contributed by atoms with E-state index in [1.54, 1.807) is 12.5 Å². The largest absolute Gasteiger partial charge is 0.481 e. The van der Waals surface area contributed by atoms with Gasteiger partial charge in [-0.05, 0) is 59.2 Å². The van der Waals surface area contributed by atoms with Gasteiger partial charge in [-0.3, -0.25) is 4.79 Å². The van der Waals surface area contributed by atoms with Crippen molar-refractivity contribution in [1.82, 2.24) is 9.55 Å². The first-order valence-corrected chi connectivity index (χ1v) is 17.7. The Labute approximate surface area is 300 Å². The maximum absolute atomic E-state index is 11.6. The summed E-state index contributed by atoms with van der Waals surface area (Å²) in [5.74, 6) is -0.798. The third-order valence-electron chi connectivity index (χ3n) is 10.5. The molecule has 0 atom stereocenters. The Morgan fingerprint density at radius 2 is 1.49 bits per heavy atom. The van der Waals surface area contributed by atoms with E-state index in [0.717, 1.165) is 30.1 Å². The van der Waals surface area contributed by atoms with Gasteiger partial charge < -0.3 is 14.6 Å². The Hall–Kier alpha value is -5.75. The van der Waals surface area contributed by atoms with E-state index < -0.39 is 5.97 Å². The average molecular weight is 674 g/mol. The number of rotatable bonds is 11. The van der Waals surface area contributed by atoms with Crippen LogP contribution in [0.2, 0.25) is 0 Å². The molecule has 3 heterocycles. The third-order valence-corrected chi connectivity index (χ3v) is 10.5. The lowest BCUT2D eigenvalue weighted by Crippen LogP contribution is -2.28. The first kappa shape index (κ1) is 33.7. The lowest BCUT2D eigenvalue weighted by Gasteiger charge is -2.27. The van der Waals surface area contributed by atoms with Gasteiger partial charge in [-0.15, -0.1) is 0 Å². The smallest absolute Gasteiger partial charge is 0.309 e. The summed E-state index contributed by atoms with van der Waals surface area (Å²) in [6, 6.07) is 25.8. The van der Waals surface area contributed by atoms with Crippen LogP contribution < -0.4 is 4.90 Å². The first-order valence-electron chi connectivity index (χ1n) is 17.7. The number of carbonyl (C=O) groups is 1. The summed E-state index contributed by atoms with van der Waals surface area (Å²) in [5.41, 5.74) is 7.77. The lowest BCUT2D eigenvalue weighted by atomic mass is 9.79. The van der Waals surface area contributed by atoms with Crippen molar-refractivity contribution in [3.8, 4) is 0 Å². The van der Waals surface area contributed by atoms with Crippen LogP contribution in [0.15, 0.2) is 146 Å². The Kier molecular flexibility index (Phi) is 8.94. The summed E-state index contributed by atoms with van der Waals surface area (Å²) in [7, 11) is 0. The third kappa shape index (κ3) is 6.16. The fourth-order valence-electron chi connectivity index (χ4n) is 8.06. The van der Waals surface area contributed by atoms with Crippen LogP contribution in [-0.4, -0.2) is 44.0 Å². The molecular weight excluding hydrogens is 629 g/mol. The van der Waals surface area contributed by atoms with Crippen LogP contribution in [0.25, 0.3) is 27.2 Å². The van der Waals surface area contributed by atoms with Crippen molar-refractivity contribution in [2.24, 2.45) is 0 Å². The number of aromatic nitrogens is 2. The standard InChI is InChI=1S/C45H44N4O2/c1-32(47-30-27-46-31-47)25-28-48-37-23-21-33-15-11-13-17-35(33)42(37)44(2,3)39(48)19-9-7-6-8-10-20-40-45(4,5)43-36-18-14-12-16-34(36)22-24-38(43)49(40)29-26-41(50)51/h6-24,27,30-31H,1,25-26,28-29H2,2-5H3/p+1. The van der Waals surface area contributed by atoms with Gasteiger partial charge in [0.05, 0.1) is 11.7 Å². The predicted octanol–water partition coefficient (Wildman–Crippen LogP) is 9.95. The second-order valence-electron chi connectivity index (χ2n) is 14.4. The maximum atomic E-state index is 11.6. The van der Waals surface area contributed by atoms with E-state index in [-0.39, 0.29) is 17.3 Å². The number of benzene rings is 4. The first-order chi connectivity index (χ1) is 24.6. The number of carboxylic acids is 1. The number of hydrogen-bond donors (Lipinski definition) is 1. The van der Waals surface area contributed by atoms with Gasteiger partial charge in [0.25, 0.3) is 0 Å². The van der Waals surface area contributed by atoms with Gasteiger partial charge in [-0.2, -0.15) is 4.58 Å². The number of hydrogen-bond acceptors (Lipinski definition) is 3. The maximum Gasteiger partial charge on any atom is 0.309 e. The van der Waals surface area contributed by atoms with E-state index >= 15 is 0 Å². The van der Waals surface area contributed by atoms with Crippen molar-refractivity contribution in [3.63, 3.8) is 0 Å². The molecule has 256 valence electrons. The zero-order chi connectivity index (χ0) is 35.8. The molecule has 0 saturated heterocycles. The molecular formula is C45H45N4O2+. The molecule has 6 nitrogen and oxygen atoms in total. The fourth-order valence-corrected chi connectivity index (χ4v) is 8.06. The van der Waals surface area contributed by atoms with Crippen LogP contribution in [0, 0.1) is 0 Å². The Morgan fingerprint density at radius 1 is 0.824 bits per heavy atom. The van der Waals surface area contributed by atoms with E-state index in [2.05, 4.69) is 158 Å². The molecule has 2 aliphatic heterocycles. The zero-order valence-electron chi connectivity index (χ0n) is 29.9. The van der Waals surface area contributed by atoms with E-state index in [4.69, 9.17) is 0 Å². The lowest BCUT2D eigenvalue weighted by molar-refractivity contribution is -0.436. The van der Waals surface area contributed by atoms with Crippen molar-refractivity contribution in [1.29, 1.82) is 0 Å². The molecule has 0 radical (unpaired) electrons. The molecule has 7 rings (SSSR count). The summed E-state index contributed by atoms with van der Waals surface area (Å²) in [6.45, 7) is 14.6. The van der Waals surface area contributed by atoms with Gasteiger partial charge in [-0.25, -0.2) is 4.98 Å². The number of nitrogens with zero attached hydrogens (tertiary/aromatic N) is 4. The van der Waals surface area contributed by atoms with Crippen molar-refractivity contribution >= 4 is 50.3 Å². The van der Waals surface area contributed by atoms with Crippen LogP contribution in [0.5, 0.6) is 0 Å². The number of fused-ring (bicyclic) bond motifs is 6. The van der Waals surface area contributed by atoms with E-state index in [0.29, 0.717) is 6.54 Å². The molecule has 1 N–H and O–H groups in total. The highest BCUT2D eigenvalue weighted by Gasteiger charge is 2.45. The average Bonchev–Trinajstić information content (AvgIpc) is 3.79. The minimum Gasteiger partial charge on any atom is -0.481 e. The predicted molar refractivity (Wildman–Crippen MR) is 211 cm³/mol. The fraction of sp³-hybridized carbons (Fsp3) is 0.222. The highest BCUT2D eigenvalue weighted by Crippen LogP contribution is 2.51. The number of carboxylic acid groups (broad SMARTS) is 1. The van der Waals surface area contributed by atoms with Crippen molar-refractivity contribution in [2.45, 2.75) is 51.4 Å². The molecule has 5 aromatic rings. The van der Waals surface area contributed by atoms with E-state index in [1.807, 2.05) is 16.8 Å². The summed E-state index contributed by atoms with van der Waals surface area (Å²) < 4.78 is 4.17.